The minimum atomic E-state index is -0.825. The predicted molar refractivity (Wildman–Crippen MR) is 110 cm³/mol. The first-order chi connectivity index (χ1) is 13.4. The topological polar surface area (TPSA) is 75.6 Å². The monoisotopic (exact) mass is 383 g/mol. The minimum absolute atomic E-state index is 0.0401. The van der Waals surface area contributed by atoms with Crippen LogP contribution in [0.25, 0.3) is 0 Å². The van der Waals surface area contributed by atoms with Crippen molar-refractivity contribution in [2.45, 2.75) is 39.0 Å². The maximum atomic E-state index is 11.9. The van der Waals surface area contributed by atoms with Crippen molar-refractivity contribution in [3.63, 3.8) is 0 Å². The number of hydrogen-bond donors (Lipinski definition) is 2. The first-order valence-electron chi connectivity index (χ1n) is 9.51. The number of carboxylic acids is 1. The smallest absolute Gasteiger partial charge is 0.309 e. The Morgan fingerprint density at radius 2 is 1.57 bits per heavy atom. The Morgan fingerprint density at radius 1 is 1.00 bits per heavy atom. The number of carbonyl (C=O) groups is 2. The highest BCUT2D eigenvalue weighted by Crippen LogP contribution is 2.30. The van der Waals surface area contributed by atoms with Crippen molar-refractivity contribution in [2.75, 3.05) is 14.2 Å². The standard InChI is InChI=1S/C23H29NO4/c1-23(22(26)27,14-4-5-17-10-12-20(28-3)13-11-17)16-19-8-6-18(7-9-19)15-21(25)24-2/h6-13H,4-5,14-16H2,1-3H3,(H,24,25)(H,26,27). The van der Waals surface area contributed by atoms with Gasteiger partial charge in [-0.3, -0.25) is 9.59 Å². The molecule has 1 unspecified atom stereocenters. The maximum absolute atomic E-state index is 11.9. The molecule has 1 atom stereocenters. The Kier molecular flexibility index (Phi) is 7.61. The molecule has 0 bridgehead atoms. The lowest BCUT2D eigenvalue weighted by Crippen LogP contribution is -2.30. The molecule has 28 heavy (non-hydrogen) atoms. The van der Waals surface area contributed by atoms with Crippen molar-refractivity contribution in [3.8, 4) is 5.75 Å². The number of benzene rings is 2. The summed E-state index contributed by atoms with van der Waals surface area (Å²) in [6.45, 7) is 1.81. The predicted octanol–water partition coefficient (Wildman–Crippen LogP) is 3.64. The van der Waals surface area contributed by atoms with E-state index in [0.717, 1.165) is 29.7 Å². The summed E-state index contributed by atoms with van der Waals surface area (Å²) >= 11 is 0. The van der Waals surface area contributed by atoms with Gasteiger partial charge in [-0.1, -0.05) is 36.4 Å². The van der Waals surface area contributed by atoms with E-state index in [2.05, 4.69) is 5.32 Å². The van der Waals surface area contributed by atoms with Gasteiger partial charge in [0.2, 0.25) is 5.91 Å². The van der Waals surface area contributed by atoms with Gasteiger partial charge in [-0.25, -0.2) is 0 Å². The zero-order chi connectivity index (χ0) is 20.6. The lowest BCUT2D eigenvalue weighted by Gasteiger charge is -2.25. The summed E-state index contributed by atoms with van der Waals surface area (Å²) in [5.41, 5.74) is 2.23. The molecule has 2 N–H and O–H groups in total. The molecular formula is C23H29NO4. The number of likely N-dealkylation sites (N-methyl/N-ethyl adjacent to an activating group) is 1. The van der Waals surface area contributed by atoms with Gasteiger partial charge in [-0.15, -0.1) is 0 Å². The van der Waals surface area contributed by atoms with Gasteiger partial charge in [0, 0.05) is 7.05 Å². The second-order valence-corrected chi connectivity index (χ2v) is 7.41. The van der Waals surface area contributed by atoms with E-state index in [9.17, 15) is 14.7 Å². The molecule has 0 fully saturated rings. The van der Waals surface area contributed by atoms with Crippen molar-refractivity contribution in [2.24, 2.45) is 5.41 Å². The molecule has 0 saturated carbocycles. The molecule has 0 heterocycles. The first kappa shape index (κ1) is 21.5. The average Bonchev–Trinajstić information content (AvgIpc) is 2.69. The number of nitrogens with one attached hydrogen (secondary N) is 1. The van der Waals surface area contributed by atoms with E-state index < -0.39 is 11.4 Å². The van der Waals surface area contributed by atoms with Gasteiger partial charge in [0.05, 0.1) is 18.9 Å². The highest BCUT2D eigenvalue weighted by atomic mass is 16.5. The van der Waals surface area contributed by atoms with Crippen LogP contribution in [0.4, 0.5) is 0 Å². The highest BCUT2D eigenvalue weighted by molar-refractivity contribution is 5.78. The second-order valence-electron chi connectivity index (χ2n) is 7.41. The van der Waals surface area contributed by atoms with Crippen LogP contribution in [0.2, 0.25) is 0 Å². The Balaban J connectivity index is 1.96. The van der Waals surface area contributed by atoms with E-state index in [4.69, 9.17) is 4.74 Å². The van der Waals surface area contributed by atoms with Crippen LogP contribution in [0.1, 0.15) is 36.5 Å². The summed E-state index contributed by atoms with van der Waals surface area (Å²) < 4.78 is 5.16. The van der Waals surface area contributed by atoms with Crippen molar-refractivity contribution in [1.82, 2.24) is 5.32 Å². The SMILES string of the molecule is CNC(=O)Cc1ccc(CC(C)(CCCc2ccc(OC)cc2)C(=O)O)cc1. The van der Waals surface area contributed by atoms with E-state index in [0.29, 0.717) is 19.3 Å². The van der Waals surface area contributed by atoms with Crippen LogP contribution >= 0.6 is 0 Å². The van der Waals surface area contributed by atoms with Crippen LogP contribution in [0.5, 0.6) is 5.75 Å². The van der Waals surface area contributed by atoms with Gasteiger partial charge >= 0.3 is 5.97 Å². The molecular weight excluding hydrogens is 354 g/mol. The number of methoxy groups -OCH3 is 1. The number of carboxylic acid groups (broad SMARTS) is 1. The minimum Gasteiger partial charge on any atom is -0.497 e. The van der Waals surface area contributed by atoms with Crippen LogP contribution in [0.15, 0.2) is 48.5 Å². The number of amides is 1. The van der Waals surface area contributed by atoms with Gasteiger partial charge in [0.1, 0.15) is 5.75 Å². The summed E-state index contributed by atoms with van der Waals surface area (Å²) in [4.78, 5) is 23.4. The maximum Gasteiger partial charge on any atom is 0.309 e. The van der Waals surface area contributed by atoms with Crippen molar-refractivity contribution in [1.29, 1.82) is 0 Å². The van der Waals surface area contributed by atoms with Crippen LogP contribution in [-0.4, -0.2) is 31.1 Å². The van der Waals surface area contributed by atoms with Crippen molar-refractivity contribution in [3.05, 3.63) is 65.2 Å². The number of aliphatic carboxylic acids is 1. The summed E-state index contributed by atoms with van der Waals surface area (Å²) in [6.07, 6.45) is 3.01. The van der Waals surface area contributed by atoms with E-state index in [1.807, 2.05) is 55.5 Å². The van der Waals surface area contributed by atoms with E-state index in [1.165, 1.54) is 5.56 Å². The molecule has 0 spiro atoms. The van der Waals surface area contributed by atoms with Gasteiger partial charge in [-0.2, -0.15) is 0 Å². The average molecular weight is 383 g/mol. The molecule has 0 aliphatic carbocycles. The summed E-state index contributed by atoms with van der Waals surface area (Å²) in [5.74, 6) is -0.00249. The van der Waals surface area contributed by atoms with E-state index in [-0.39, 0.29) is 5.91 Å². The number of carbonyl (C=O) groups excluding carboxylic acids is 1. The van der Waals surface area contributed by atoms with Gasteiger partial charge in [-0.05, 0) is 61.4 Å². The summed E-state index contributed by atoms with van der Waals surface area (Å²) in [6, 6.07) is 15.5. The fraction of sp³-hybridized carbons (Fsp3) is 0.391. The molecule has 2 aromatic carbocycles. The Labute approximate surface area is 166 Å². The normalized spacial score (nSPS) is 12.8. The quantitative estimate of drug-likeness (QED) is 0.657. The first-order valence-corrected chi connectivity index (χ1v) is 9.51. The Morgan fingerprint density at radius 3 is 2.11 bits per heavy atom. The Hall–Kier alpha value is -2.82. The molecule has 0 aliphatic heterocycles. The van der Waals surface area contributed by atoms with Crippen LogP contribution in [0, 0.1) is 5.41 Å². The number of hydrogen-bond acceptors (Lipinski definition) is 3. The van der Waals surface area contributed by atoms with Crippen molar-refractivity contribution < 1.29 is 19.4 Å². The third-order valence-electron chi connectivity index (χ3n) is 5.13. The summed E-state index contributed by atoms with van der Waals surface area (Å²) in [7, 11) is 3.25. The number of ether oxygens (including phenoxy) is 1. The molecule has 0 saturated heterocycles. The van der Waals surface area contributed by atoms with E-state index >= 15 is 0 Å². The molecule has 2 aromatic rings. The zero-order valence-electron chi connectivity index (χ0n) is 16.8. The van der Waals surface area contributed by atoms with Crippen molar-refractivity contribution >= 4 is 11.9 Å². The molecule has 2 rings (SSSR count). The third kappa shape index (κ3) is 6.12. The second kappa shape index (κ2) is 9.93. The Bertz CT molecular complexity index is 783. The molecule has 5 nitrogen and oxygen atoms in total. The summed E-state index contributed by atoms with van der Waals surface area (Å²) in [5, 5.41) is 12.4. The molecule has 0 aromatic heterocycles. The van der Waals surface area contributed by atoms with Gasteiger partial charge in [0.15, 0.2) is 0 Å². The lowest BCUT2D eigenvalue weighted by molar-refractivity contribution is -0.148. The molecule has 1 amide bonds. The third-order valence-corrected chi connectivity index (χ3v) is 5.13. The van der Waals surface area contributed by atoms with Gasteiger partial charge < -0.3 is 15.2 Å². The fourth-order valence-corrected chi connectivity index (χ4v) is 3.25. The number of rotatable bonds is 10. The fourth-order valence-electron chi connectivity index (χ4n) is 3.25. The zero-order valence-corrected chi connectivity index (χ0v) is 16.8. The van der Waals surface area contributed by atoms with Crippen LogP contribution in [-0.2, 0) is 28.9 Å². The molecule has 0 aliphatic rings. The highest BCUT2D eigenvalue weighted by Gasteiger charge is 2.32. The van der Waals surface area contributed by atoms with Gasteiger partial charge in [0.25, 0.3) is 0 Å². The largest absolute Gasteiger partial charge is 0.497 e. The van der Waals surface area contributed by atoms with Crippen LogP contribution in [0.3, 0.4) is 0 Å². The van der Waals surface area contributed by atoms with E-state index in [1.54, 1.807) is 14.2 Å². The number of aryl methyl sites for hydroxylation is 1. The molecule has 150 valence electrons. The molecule has 5 heteroatoms. The lowest BCUT2D eigenvalue weighted by atomic mass is 9.79. The van der Waals surface area contributed by atoms with Crippen LogP contribution < -0.4 is 10.1 Å². The molecule has 0 radical (unpaired) electrons.